The van der Waals surface area contributed by atoms with E-state index in [2.05, 4.69) is 30.7 Å². The Bertz CT molecular complexity index is 391. The Morgan fingerprint density at radius 2 is 2.12 bits per heavy atom. The van der Waals surface area contributed by atoms with E-state index in [0.717, 1.165) is 18.9 Å². The maximum absolute atomic E-state index is 5.94. The highest BCUT2D eigenvalue weighted by Gasteiger charge is 2.32. The van der Waals surface area contributed by atoms with Gasteiger partial charge in [-0.05, 0) is 23.8 Å². The van der Waals surface area contributed by atoms with E-state index < -0.39 is 0 Å². The van der Waals surface area contributed by atoms with Crippen LogP contribution in [0.15, 0.2) is 12.1 Å². The average molecular weight is 254 g/mol. The molecule has 1 aromatic rings. The number of rotatable bonds is 1. The summed E-state index contributed by atoms with van der Waals surface area (Å²) >= 11 is 5.94. The van der Waals surface area contributed by atoms with E-state index in [0.29, 0.717) is 22.2 Å². The first-order chi connectivity index (χ1) is 7.86. The molecular weight excluding hydrogens is 234 g/mol. The standard InChI is InChI=1S/C13H20ClN3/c1-13(2,3)9-4-5-17(8-9)12-7-10(15)6-11(14)16-12/h6-7,9H,4-5,8H2,1-3H3,(H2,15,16). The zero-order valence-corrected chi connectivity index (χ0v) is 11.5. The molecule has 0 radical (unpaired) electrons. The third-order valence-corrected chi connectivity index (χ3v) is 3.73. The van der Waals surface area contributed by atoms with Crippen molar-refractivity contribution in [2.75, 3.05) is 23.7 Å². The van der Waals surface area contributed by atoms with Crippen molar-refractivity contribution in [3.63, 3.8) is 0 Å². The third kappa shape index (κ3) is 2.83. The summed E-state index contributed by atoms with van der Waals surface area (Å²) < 4.78 is 0. The first-order valence-electron chi connectivity index (χ1n) is 6.04. The zero-order chi connectivity index (χ0) is 12.6. The van der Waals surface area contributed by atoms with Crippen molar-refractivity contribution >= 4 is 23.1 Å². The first kappa shape index (κ1) is 12.5. The number of aromatic nitrogens is 1. The fraction of sp³-hybridized carbons (Fsp3) is 0.615. The Hall–Kier alpha value is -0.960. The molecule has 17 heavy (non-hydrogen) atoms. The number of nitrogens with two attached hydrogens (primary N) is 1. The molecule has 94 valence electrons. The minimum Gasteiger partial charge on any atom is -0.399 e. The summed E-state index contributed by atoms with van der Waals surface area (Å²) in [7, 11) is 0. The molecule has 4 heteroatoms. The number of hydrogen-bond acceptors (Lipinski definition) is 3. The molecule has 0 aliphatic carbocycles. The maximum Gasteiger partial charge on any atom is 0.133 e. The Morgan fingerprint density at radius 3 is 2.65 bits per heavy atom. The van der Waals surface area contributed by atoms with Crippen molar-refractivity contribution in [1.29, 1.82) is 0 Å². The summed E-state index contributed by atoms with van der Waals surface area (Å²) in [4.78, 5) is 6.62. The average Bonchev–Trinajstić information content (AvgIpc) is 2.63. The molecule has 0 bridgehead atoms. The zero-order valence-electron chi connectivity index (χ0n) is 10.7. The van der Waals surface area contributed by atoms with Gasteiger partial charge >= 0.3 is 0 Å². The lowest BCUT2D eigenvalue weighted by Crippen LogP contribution is -2.26. The molecule has 2 N–H and O–H groups in total. The molecule has 1 aliphatic heterocycles. The van der Waals surface area contributed by atoms with Crippen LogP contribution in [0.4, 0.5) is 11.5 Å². The van der Waals surface area contributed by atoms with E-state index in [4.69, 9.17) is 17.3 Å². The molecule has 0 saturated carbocycles. The van der Waals surface area contributed by atoms with Crippen molar-refractivity contribution in [3.8, 4) is 0 Å². The summed E-state index contributed by atoms with van der Waals surface area (Å²) in [5.41, 5.74) is 6.82. The van der Waals surface area contributed by atoms with Gasteiger partial charge in [-0.25, -0.2) is 4.98 Å². The molecule has 1 saturated heterocycles. The largest absolute Gasteiger partial charge is 0.399 e. The third-order valence-electron chi connectivity index (χ3n) is 3.54. The van der Waals surface area contributed by atoms with Crippen molar-refractivity contribution in [2.24, 2.45) is 11.3 Å². The smallest absolute Gasteiger partial charge is 0.133 e. The molecule has 1 aliphatic rings. The van der Waals surface area contributed by atoms with E-state index in [9.17, 15) is 0 Å². The van der Waals surface area contributed by atoms with Gasteiger partial charge in [-0.15, -0.1) is 0 Å². The molecule has 1 fully saturated rings. The number of nitrogen functional groups attached to an aromatic ring is 1. The van der Waals surface area contributed by atoms with Crippen LogP contribution in [-0.4, -0.2) is 18.1 Å². The van der Waals surface area contributed by atoms with Crippen LogP contribution in [0.1, 0.15) is 27.2 Å². The summed E-state index contributed by atoms with van der Waals surface area (Å²) in [5, 5.41) is 0.471. The van der Waals surface area contributed by atoms with Crippen LogP contribution in [0.2, 0.25) is 5.15 Å². The Kier molecular flexibility index (Phi) is 3.21. The van der Waals surface area contributed by atoms with Crippen LogP contribution < -0.4 is 10.6 Å². The molecule has 0 aromatic carbocycles. The van der Waals surface area contributed by atoms with Crippen LogP contribution in [0.25, 0.3) is 0 Å². The lowest BCUT2D eigenvalue weighted by atomic mass is 9.80. The molecule has 1 aromatic heterocycles. The molecule has 3 nitrogen and oxygen atoms in total. The second kappa shape index (κ2) is 4.37. The highest BCUT2D eigenvalue weighted by atomic mass is 35.5. The second-order valence-electron chi connectivity index (χ2n) is 5.88. The normalized spacial score (nSPS) is 20.9. The Morgan fingerprint density at radius 1 is 1.41 bits per heavy atom. The summed E-state index contributed by atoms with van der Waals surface area (Å²) in [6, 6.07) is 3.58. The second-order valence-corrected chi connectivity index (χ2v) is 6.27. The lowest BCUT2D eigenvalue weighted by Gasteiger charge is -2.27. The van der Waals surface area contributed by atoms with Crippen molar-refractivity contribution in [2.45, 2.75) is 27.2 Å². The Balaban J connectivity index is 2.15. The summed E-state index contributed by atoms with van der Waals surface area (Å²) in [6.45, 7) is 8.95. The molecule has 1 unspecified atom stereocenters. The van der Waals surface area contributed by atoms with Crippen molar-refractivity contribution in [1.82, 2.24) is 4.98 Å². The Labute approximate surface area is 108 Å². The number of anilines is 2. The minimum absolute atomic E-state index is 0.346. The van der Waals surface area contributed by atoms with Gasteiger partial charge in [-0.2, -0.15) is 0 Å². The number of nitrogens with zero attached hydrogens (tertiary/aromatic N) is 2. The van der Waals surface area contributed by atoms with E-state index in [-0.39, 0.29) is 0 Å². The highest BCUT2D eigenvalue weighted by Crippen LogP contribution is 2.35. The molecule has 0 amide bonds. The topological polar surface area (TPSA) is 42.1 Å². The SMILES string of the molecule is CC(C)(C)C1CCN(c2cc(N)cc(Cl)n2)C1. The van der Waals surface area contributed by atoms with Gasteiger partial charge in [-0.1, -0.05) is 32.4 Å². The van der Waals surface area contributed by atoms with Gasteiger partial charge in [-0.3, -0.25) is 0 Å². The maximum atomic E-state index is 5.94. The molecule has 2 heterocycles. The van der Waals surface area contributed by atoms with Crippen LogP contribution >= 0.6 is 11.6 Å². The highest BCUT2D eigenvalue weighted by molar-refractivity contribution is 6.29. The van der Waals surface area contributed by atoms with E-state index in [1.165, 1.54) is 6.42 Å². The molecule has 1 atom stereocenters. The van der Waals surface area contributed by atoms with Gasteiger partial charge in [0.2, 0.25) is 0 Å². The van der Waals surface area contributed by atoms with Crippen molar-refractivity contribution < 1.29 is 0 Å². The number of halogens is 1. The summed E-state index contributed by atoms with van der Waals surface area (Å²) in [5.74, 6) is 1.60. The van der Waals surface area contributed by atoms with Crippen LogP contribution in [0.5, 0.6) is 0 Å². The lowest BCUT2D eigenvalue weighted by molar-refractivity contribution is 0.263. The van der Waals surface area contributed by atoms with Gasteiger partial charge in [0.1, 0.15) is 11.0 Å². The first-order valence-corrected chi connectivity index (χ1v) is 6.42. The van der Waals surface area contributed by atoms with E-state index in [1.807, 2.05) is 6.07 Å². The summed E-state index contributed by atoms with van der Waals surface area (Å²) in [6.07, 6.45) is 1.21. The number of hydrogen-bond donors (Lipinski definition) is 1. The van der Waals surface area contributed by atoms with Crippen LogP contribution in [0, 0.1) is 11.3 Å². The quantitative estimate of drug-likeness (QED) is 0.782. The van der Waals surface area contributed by atoms with E-state index >= 15 is 0 Å². The van der Waals surface area contributed by atoms with Gasteiger partial charge < -0.3 is 10.6 Å². The molecule has 2 rings (SSSR count). The van der Waals surface area contributed by atoms with Gasteiger partial charge in [0, 0.05) is 24.8 Å². The van der Waals surface area contributed by atoms with Gasteiger partial charge in [0.05, 0.1) is 0 Å². The van der Waals surface area contributed by atoms with Crippen LogP contribution in [-0.2, 0) is 0 Å². The van der Waals surface area contributed by atoms with Gasteiger partial charge in [0.15, 0.2) is 0 Å². The van der Waals surface area contributed by atoms with E-state index in [1.54, 1.807) is 6.07 Å². The molecular formula is C13H20ClN3. The predicted molar refractivity (Wildman–Crippen MR) is 73.4 cm³/mol. The monoisotopic (exact) mass is 253 g/mol. The van der Waals surface area contributed by atoms with Gasteiger partial charge in [0.25, 0.3) is 0 Å². The molecule has 0 spiro atoms. The van der Waals surface area contributed by atoms with Crippen LogP contribution in [0.3, 0.4) is 0 Å². The van der Waals surface area contributed by atoms with Crippen molar-refractivity contribution in [3.05, 3.63) is 17.3 Å². The predicted octanol–water partition coefficient (Wildman–Crippen LogP) is 3.19. The minimum atomic E-state index is 0.346. The fourth-order valence-corrected chi connectivity index (χ4v) is 2.55. The number of pyridine rings is 1. The fourth-order valence-electron chi connectivity index (χ4n) is 2.34.